The molecule has 2 aromatic rings. The quantitative estimate of drug-likeness (QED) is 0.843. The van der Waals surface area contributed by atoms with Crippen molar-refractivity contribution >= 4 is 15.9 Å². The van der Waals surface area contributed by atoms with Crippen molar-refractivity contribution in [2.75, 3.05) is 0 Å². The number of benzene rings is 1. The van der Waals surface area contributed by atoms with Gasteiger partial charge in [-0.05, 0) is 56.2 Å². The zero-order valence-corrected chi connectivity index (χ0v) is 14.1. The van der Waals surface area contributed by atoms with E-state index in [9.17, 15) is 13.2 Å². The summed E-state index contributed by atoms with van der Waals surface area (Å²) < 4.78 is 32.2. The molecule has 0 fully saturated rings. The average Bonchev–Trinajstić information content (AvgIpc) is 3.00. The number of sulfonamides is 1. The second-order valence-corrected chi connectivity index (χ2v) is 7.10. The fourth-order valence-corrected chi connectivity index (χ4v) is 3.26. The lowest BCUT2D eigenvalue weighted by atomic mass is 10.1. The molecule has 1 heterocycles. The van der Waals surface area contributed by atoms with Crippen LogP contribution in [0.1, 0.15) is 23.8 Å². The molecule has 0 radical (unpaired) electrons. The van der Waals surface area contributed by atoms with E-state index < -0.39 is 22.0 Å². The molecule has 0 bridgehead atoms. The summed E-state index contributed by atoms with van der Waals surface area (Å²) in [5.74, 6) is 0.177. The molecule has 6 nitrogen and oxygen atoms in total. The first-order valence-electron chi connectivity index (χ1n) is 7.19. The van der Waals surface area contributed by atoms with E-state index in [0.29, 0.717) is 5.76 Å². The van der Waals surface area contributed by atoms with Crippen LogP contribution in [0.3, 0.4) is 0 Å². The molecule has 0 saturated heterocycles. The molecule has 0 unspecified atom stereocenters. The SMILES string of the molecule is Cc1ccc(S(=O)(=O)N[C@H](C)C(=O)NCc2ccco2)cc1C. The van der Waals surface area contributed by atoms with E-state index in [1.165, 1.54) is 19.3 Å². The Balaban J connectivity index is 2.01. The molecular weight excluding hydrogens is 316 g/mol. The van der Waals surface area contributed by atoms with Crippen LogP contribution < -0.4 is 10.0 Å². The average molecular weight is 336 g/mol. The van der Waals surface area contributed by atoms with Gasteiger partial charge in [-0.2, -0.15) is 4.72 Å². The molecule has 1 atom stereocenters. The van der Waals surface area contributed by atoms with E-state index in [1.54, 1.807) is 24.3 Å². The monoisotopic (exact) mass is 336 g/mol. The normalized spacial score (nSPS) is 12.8. The van der Waals surface area contributed by atoms with Crippen molar-refractivity contribution in [3.8, 4) is 0 Å². The van der Waals surface area contributed by atoms with Crippen LogP contribution in [-0.2, 0) is 21.4 Å². The Labute approximate surface area is 135 Å². The van der Waals surface area contributed by atoms with Gasteiger partial charge in [0.05, 0.1) is 23.7 Å². The highest BCUT2D eigenvalue weighted by molar-refractivity contribution is 7.89. The summed E-state index contributed by atoms with van der Waals surface area (Å²) >= 11 is 0. The van der Waals surface area contributed by atoms with Gasteiger partial charge in [0.25, 0.3) is 0 Å². The molecule has 7 heteroatoms. The van der Waals surface area contributed by atoms with Crippen LogP contribution in [-0.4, -0.2) is 20.4 Å². The summed E-state index contributed by atoms with van der Waals surface area (Å²) in [7, 11) is -3.75. The fourth-order valence-electron chi connectivity index (χ4n) is 1.98. The highest BCUT2D eigenvalue weighted by atomic mass is 32.2. The van der Waals surface area contributed by atoms with E-state index in [4.69, 9.17) is 4.42 Å². The van der Waals surface area contributed by atoms with E-state index in [-0.39, 0.29) is 11.4 Å². The molecule has 0 aliphatic carbocycles. The smallest absolute Gasteiger partial charge is 0.241 e. The maximum atomic E-state index is 12.3. The fraction of sp³-hybridized carbons (Fsp3) is 0.312. The third-order valence-electron chi connectivity index (χ3n) is 3.53. The first-order chi connectivity index (χ1) is 10.8. The van der Waals surface area contributed by atoms with Gasteiger partial charge in [-0.1, -0.05) is 6.07 Å². The maximum Gasteiger partial charge on any atom is 0.241 e. The molecule has 1 aromatic carbocycles. The second-order valence-electron chi connectivity index (χ2n) is 5.39. The third-order valence-corrected chi connectivity index (χ3v) is 5.07. The van der Waals surface area contributed by atoms with Gasteiger partial charge in [0, 0.05) is 0 Å². The lowest BCUT2D eigenvalue weighted by molar-refractivity contribution is -0.122. The standard InChI is InChI=1S/C16H20N2O4S/c1-11-6-7-15(9-12(11)2)23(20,21)18-13(3)16(19)17-10-14-5-4-8-22-14/h4-9,13,18H,10H2,1-3H3,(H,17,19)/t13-/m1/s1. The first kappa shape index (κ1) is 17.2. The van der Waals surface area contributed by atoms with Gasteiger partial charge in [-0.25, -0.2) is 8.42 Å². The molecule has 2 rings (SSSR count). The highest BCUT2D eigenvalue weighted by Gasteiger charge is 2.22. The number of aryl methyl sites for hydroxylation is 2. The van der Waals surface area contributed by atoms with Crippen LogP contribution in [0.5, 0.6) is 0 Å². The third kappa shape index (κ3) is 4.43. The van der Waals surface area contributed by atoms with Crippen molar-refractivity contribution in [1.82, 2.24) is 10.0 Å². The molecule has 2 N–H and O–H groups in total. The zero-order chi connectivity index (χ0) is 17.0. The minimum atomic E-state index is -3.75. The van der Waals surface area contributed by atoms with Gasteiger partial charge < -0.3 is 9.73 Å². The molecule has 23 heavy (non-hydrogen) atoms. The topological polar surface area (TPSA) is 88.4 Å². The van der Waals surface area contributed by atoms with Crippen LogP contribution in [0, 0.1) is 13.8 Å². The number of amides is 1. The van der Waals surface area contributed by atoms with Crippen molar-refractivity contribution < 1.29 is 17.6 Å². The summed E-state index contributed by atoms with van der Waals surface area (Å²) in [6.45, 7) is 5.45. The lowest BCUT2D eigenvalue weighted by Gasteiger charge is -2.14. The first-order valence-corrected chi connectivity index (χ1v) is 8.67. The summed E-state index contributed by atoms with van der Waals surface area (Å²) in [5.41, 5.74) is 1.89. The van der Waals surface area contributed by atoms with Gasteiger partial charge in [-0.3, -0.25) is 4.79 Å². The van der Waals surface area contributed by atoms with E-state index >= 15 is 0 Å². The van der Waals surface area contributed by atoms with Gasteiger partial charge >= 0.3 is 0 Å². The Morgan fingerprint density at radius 3 is 2.57 bits per heavy atom. The van der Waals surface area contributed by atoms with Gasteiger partial charge in [0.2, 0.25) is 15.9 Å². The Kier molecular flexibility index (Phi) is 5.23. The Morgan fingerprint density at radius 1 is 1.22 bits per heavy atom. The molecule has 1 amide bonds. The number of carbonyl (C=O) groups excluding carboxylic acids is 1. The van der Waals surface area contributed by atoms with Gasteiger partial charge in [-0.15, -0.1) is 0 Å². The van der Waals surface area contributed by atoms with Crippen molar-refractivity contribution in [1.29, 1.82) is 0 Å². The zero-order valence-electron chi connectivity index (χ0n) is 13.3. The minimum absolute atomic E-state index is 0.145. The van der Waals surface area contributed by atoms with Crippen LogP contribution in [0.4, 0.5) is 0 Å². The highest BCUT2D eigenvalue weighted by Crippen LogP contribution is 2.15. The van der Waals surface area contributed by atoms with Crippen LogP contribution in [0.25, 0.3) is 0 Å². The second kappa shape index (κ2) is 6.97. The summed E-state index contributed by atoms with van der Waals surface area (Å²) in [6, 6.07) is 7.41. The molecule has 1 aromatic heterocycles. The number of nitrogens with one attached hydrogen (secondary N) is 2. The van der Waals surface area contributed by atoms with Crippen molar-refractivity contribution in [2.24, 2.45) is 0 Å². The lowest BCUT2D eigenvalue weighted by Crippen LogP contribution is -2.44. The van der Waals surface area contributed by atoms with Crippen LogP contribution in [0.15, 0.2) is 45.9 Å². The van der Waals surface area contributed by atoms with Crippen LogP contribution >= 0.6 is 0 Å². The van der Waals surface area contributed by atoms with Crippen molar-refractivity contribution in [2.45, 2.75) is 38.3 Å². The Morgan fingerprint density at radius 2 is 1.96 bits per heavy atom. The minimum Gasteiger partial charge on any atom is -0.467 e. The molecule has 124 valence electrons. The number of hydrogen-bond acceptors (Lipinski definition) is 4. The van der Waals surface area contributed by atoms with Crippen LogP contribution in [0.2, 0.25) is 0 Å². The number of furan rings is 1. The van der Waals surface area contributed by atoms with Gasteiger partial charge in [0.15, 0.2) is 0 Å². The Bertz CT molecular complexity index is 782. The summed E-state index contributed by atoms with van der Waals surface area (Å²) in [4.78, 5) is 12.1. The number of hydrogen-bond donors (Lipinski definition) is 2. The molecule has 0 aliphatic rings. The summed E-state index contributed by atoms with van der Waals surface area (Å²) in [6.07, 6.45) is 1.51. The van der Waals surface area contributed by atoms with E-state index in [2.05, 4.69) is 10.0 Å². The van der Waals surface area contributed by atoms with Gasteiger partial charge in [0.1, 0.15) is 5.76 Å². The van der Waals surface area contributed by atoms with E-state index in [0.717, 1.165) is 11.1 Å². The summed E-state index contributed by atoms with van der Waals surface area (Å²) in [5, 5.41) is 2.62. The predicted molar refractivity (Wildman–Crippen MR) is 86.3 cm³/mol. The number of rotatable bonds is 6. The molecule has 0 saturated carbocycles. The predicted octanol–water partition coefficient (Wildman–Crippen LogP) is 1.88. The number of carbonyl (C=O) groups is 1. The molecular formula is C16H20N2O4S. The van der Waals surface area contributed by atoms with E-state index in [1.807, 2.05) is 13.8 Å². The largest absolute Gasteiger partial charge is 0.467 e. The van der Waals surface area contributed by atoms with Crippen molar-refractivity contribution in [3.05, 3.63) is 53.5 Å². The van der Waals surface area contributed by atoms with Crippen molar-refractivity contribution in [3.63, 3.8) is 0 Å². The molecule has 0 spiro atoms. The Hall–Kier alpha value is -2.12. The maximum absolute atomic E-state index is 12.3. The molecule has 0 aliphatic heterocycles.